The average Bonchev–Trinajstić information content (AvgIpc) is 2.62. The molecule has 1 heterocycles. The number of aryl methyl sites for hydroxylation is 1. The number of nitrogens with zero attached hydrogens (tertiary/aromatic N) is 1. The van der Waals surface area contributed by atoms with Gasteiger partial charge in [0.05, 0.1) is 12.8 Å². The van der Waals surface area contributed by atoms with Crippen LogP contribution >= 0.6 is 0 Å². The molecule has 3 aromatic rings. The van der Waals surface area contributed by atoms with Crippen molar-refractivity contribution < 1.29 is 18.7 Å². The third kappa shape index (κ3) is 3.64. The molecule has 0 fully saturated rings. The molecule has 0 aliphatic carbocycles. The highest BCUT2D eigenvalue weighted by atomic mass is 16.5. The Morgan fingerprint density at radius 2 is 1.88 bits per heavy atom. The SMILES string of the molecule is COc1ccc2oc(=Nc3ccccc3C)c(C(=O)NC(C)=O)cc2c1. The molecule has 1 N–H and O–H groups in total. The van der Waals surface area contributed by atoms with Gasteiger partial charge in [-0.15, -0.1) is 0 Å². The highest BCUT2D eigenvalue weighted by Gasteiger charge is 2.14. The maximum atomic E-state index is 12.5. The minimum atomic E-state index is -0.571. The van der Waals surface area contributed by atoms with E-state index < -0.39 is 11.8 Å². The first-order chi connectivity index (χ1) is 12.5. The number of hydrogen-bond acceptors (Lipinski definition) is 5. The lowest BCUT2D eigenvalue weighted by Gasteiger charge is -2.07. The van der Waals surface area contributed by atoms with Gasteiger partial charge < -0.3 is 9.15 Å². The molecule has 0 saturated carbocycles. The van der Waals surface area contributed by atoms with Crippen LogP contribution in [0.5, 0.6) is 5.75 Å². The van der Waals surface area contributed by atoms with Crippen LogP contribution in [0.3, 0.4) is 0 Å². The largest absolute Gasteiger partial charge is 0.497 e. The molecule has 2 amide bonds. The molecule has 0 aliphatic heterocycles. The molecule has 132 valence electrons. The Hall–Kier alpha value is -3.41. The van der Waals surface area contributed by atoms with Gasteiger partial charge >= 0.3 is 0 Å². The van der Waals surface area contributed by atoms with E-state index in [9.17, 15) is 9.59 Å². The van der Waals surface area contributed by atoms with E-state index in [0.717, 1.165) is 5.56 Å². The number of ether oxygens (including phenoxy) is 1. The van der Waals surface area contributed by atoms with Crippen LogP contribution in [0, 0.1) is 6.92 Å². The molecule has 6 nitrogen and oxygen atoms in total. The second kappa shape index (κ2) is 7.23. The van der Waals surface area contributed by atoms with Crippen LogP contribution in [-0.2, 0) is 4.79 Å². The molecule has 0 atom stereocenters. The Labute approximate surface area is 150 Å². The first kappa shape index (κ1) is 17.4. The van der Waals surface area contributed by atoms with E-state index in [0.29, 0.717) is 22.4 Å². The Kier molecular flexibility index (Phi) is 4.84. The zero-order chi connectivity index (χ0) is 18.7. The van der Waals surface area contributed by atoms with Gasteiger partial charge in [0.25, 0.3) is 5.91 Å². The highest BCUT2D eigenvalue weighted by molar-refractivity contribution is 6.05. The number of benzene rings is 2. The van der Waals surface area contributed by atoms with E-state index in [1.807, 2.05) is 31.2 Å². The zero-order valence-electron chi connectivity index (χ0n) is 14.7. The van der Waals surface area contributed by atoms with Crippen molar-refractivity contribution in [2.45, 2.75) is 13.8 Å². The number of fused-ring (bicyclic) bond motifs is 1. The third-order valence-electron chi connectivity index (χ3n) is 3.83. The third-order valence-corrected chi connectivity index (χ3v) is 3.83. The van der Waals surface area contributed by atoms with Crippen LogP contribution in [0.4, 0.5) is 5.69 Å². The average molecular weight is 350 g/mol. The van der Waals surface area contributed by atoms with Crippen molar-refractivity contribution in [1.29, 1.82) is 0 Å². The molecule has 6 heteroatoms. The van der Waals surface area contributed by atoms with Crippen molar-refractivity contribution in [2.24, 2.45) is 4.99 Å². The summed E-state index contributed by atoms with van der Waals surface area (Å²) in [7, 11) is 1.56. The Morgan fingerprint density at radius 1 is 1.12 bits per heavy atom. The normalized spacial score (nSPS) is 11.4. The number of nitrogens with one attached hydrogen (secondary N) is 1. The van der Waals surface area contributed by atoms with Crippen molar-refractivity contribution in [1.82, 2.24) is 5.32 Å². The van der Waals surface area contributed by atoms with Crippen molar-refractivity contribution in [3.05, 3.63) is 65.2 Å². The molecule has 26 heavy (non-hydrogen) atoms. The van der Waals surface area contributed by atoms with E-state index >= 15 is 0 Å². The fraction of sp³-hybridized carbons (Fsp3) is 0.150. The highest BCUT2D eigenvalue weighted by Crippen LogP contribution is 2.21. The lowest BCUT2D eigenvalue weighted by molar-refractivity contribution is -0.118. The second-order valence-electron chi connectivity index (χ2n) is 5.78. The van der Waals surface area contributed by atoms with Crippen LogP contribution in [0.1, 0.15) is 22.8 Å². The minimum Gasteiger partial charge on any atom is -0.497 e. The maximum absolute atomic E-state index is 12.5. The number of rotatable bonds is 3. The lowest BCUT2D eigenvalue weighted by atomic mass is 10.1. The van der Waals surface area contributed by atoms with Crippen LogP contribution in [0.2, 0.25) is 0 Å². The summed E-state index contributed by atoms with van der Waals surface area (Å²) in [5, 5.41) is 2.93. The summed E-state index contributed by atoms with van der Waals surface area (Å²) in [5.74, 6) is -0.393. The second-order valence-corrected chi connectivity index (χ2v) is 5.78. The molecule has 3 rings (SSSR count). The first-order valence-corrected chi connectivity index (χ1v) is 8.02. The van der Waals surface area contributed by atoms with Gasteiger partial charge in [0, 0.05) is 12.3 Å². The summed E-state index contributed by atoms with van der Waals surface area (Å²) in [4.78, 5) is 28.3. The molecule has 2 aromatic carbocycles. The summed E-state index contributed by atoms with van der Waals surface area (Å²) >= 11 is 0. The van der Waals surface area contributed by atoms with Crippen molar-refractivity contribution in [2.75, 3.05) is 7.11 Å². The topological polar surface area (TPSA) is 80.9 Å². The number of para-hydroxylation sites is 1. The molecular weight excluding hydrogens is 332 g/mol. The number of amides is 2. The predicted octanol–water partition coefficient (Wildman–Crippen LogP) is 3.26. The summed E-state index contributed by atoms with van der Waals surface area (Å²) in [5.41, 5.74) is 2.48. The maximum Gasteiger partial charge on any atom is 0.263 e. The van der Waals surface area contributed by atoms with Gasteiger partial charge in [-0.2, -0.15) is 0 Å². The lowest BCUT2D eigenvalue weighted by Crippen LogP contribution is -2.32. The number of methoxy groups -OCH3 is 1. The van der Waals surface area contributed by atoms with Crippen molar-refractivity contribution in [3.63, 3.8) is 0 Å². The summed E-state index contributed by atoms with van der Waals surface area (Å²) in [6.07, 6.45) is 0. The molecule has 0 unspecified atom stereocenters. The number of imide groups is 1. The Morgan fingerprint density at radius 3 is 2.58 bits per heavy atom. The predicted molar refractivity (Wildman–Crippen MR) is 97.3 cm³/mol. The molecule has 0 spiro atoms. The number of carbonyl (C=O) groups is 2. The van der Waals surface area contributed by atoms with E-state index in [2.05, 4.69) is 10.3 Å². The summed E-state index contributed by atoms with van der Waals surface area (Å²) in [6.45, 7) is 3.19. The quantitative estimate of drug-likeness (QED) is 0.786. The van der Waals surface area contributed by atoms with Crippen molar-refractivity contribution in [3.8, 4) is 5.75 Å². The van der Waals surface area contributed by atoms with E-state index in [1.54, 1.807) is 31.4 Å². The van der Waals surface area contributed by atoms with Gasteiger partial charge in [-0.3, -0.25) is 14.9 Å². The van der Waals surface area contributed by atoms with Gasteiger partial charge in [-0.25, -0.2) is 4.99 Å². The molecule has 0 saturated heterocycles. The molecule has 1 aromatic heterocycles. The smallest absolute Gasteiger partial charge is 0.263 e. The molecule has 0 bridgehead atoms. The fourth-order valence-electron chi connectivity index (χ4n) is 2.51. The van der Waals surface area contributed by atoms with E-state index in [4.69, 9.17) is 9.15 Å². The minimum absolute atomic E-state index is 0.135. The fourth-order valence-corrected chi connectivity index (χ4v) is 2.51. The monoisotopic (exact) mass is 350 g/mol. The summed E-state index contributed by atoms with van der Waals surface area (Å²) < 4.78 is 11.1. The zero-order valence-corrected chi connectivity index (χ0v) is 14.7. The van der Waals surface area contributed by atoms with Crippen LogP contribution < -0.4 is 15.6 Å². The summed E-state index contributed by atoms with van der Waals surface area (Å²) in [6, 6.07) is 14.4. The van der Waals surface area contributed by atoms with E-state index in [-0.39, 0.29) is 11.1 Å². The van der Waals surface area contributed by atoms with Gasteiger partial charge in [-0.05, 0) is 42.8 Å². The van der Waals surface area contributed by atoms with Gasteiger partial charge in [-0.1, -0.05) is 18.2 Å². The van der Waals surface area contributed by atoms with Crippen LogP contribution in [-0.4, -0.2) is 18.9 Å². The van der Waals surface area contributed by atoms with E-state index in [1.165, 1.54) is 6.92 Å². The van der Waals surface area contributed by atoms with Gasteiger partial charge in [0.15, 0.2) is 0 Å². The van der Waals surface area contributed by atoms with Gasteiger partial charge in [0.2, 0.25) is 11.5 Å². The molecule has 0 radical (unpaired) electrons. The van der Waals surface area contributed by atoms with Gasteiger partial charge in [0.1, 0.15) is 16.9 Å². The van der Waals surface area contributed by atoms with Crippen molar-refractivity contribution >= 4 is 28.5 Å². The first-order valence-electron chi connectivity index (χ1n) is 8.02. The number of carbonyl (C=O) groups excluding carboxylic acids is 2. The Balaban J connectivity index is 2.26. The molecular formula is C20H18N2O4. The van der Waals surface area contributed by atoms with Crippen LogP contribution in [0.15, 0.2) is 57.9 Å². The standard InChI is InChI=1S/C20H18N2O4/c1-12-6-4-5-7-17(12)22-20-16(19(24)21-13(2)23)11-14-10-15(25-3)8-9-18(14)26-20/h4-11H,1-3H3,(H,21,23,24). The Bertz CT molecular complexity index is 1070. The molecule has 0 aliphatic rings. The number of hydrogen-bond donors (Lipinski definition) is 1. The van der Waals surface area contributed by atoms with Crippen LogP contribution in [0.25, 0.3) is 11.0 Å².